The van der Waals surface area contributed by atoms with E-state index in [1.807, 2.05) is 32.6 Å². The molecular formula is C14H24BF3INO2. The first-order chi connectivity index (χ1) is 9.85. The van der Waals surface area contributed by atoms with Crippen LogP contribution in [0.4, 0.5) is 13.2 Å². The van der Waals surface area contributed by atoms with Gasteiger partial charge >= 0.3 is 138 Å². The first-order valence-corrected chi connectivity index (χ1v) is 11.2. The molecule has 1 aliphatic rings. The summed E-state index contributed by atoms with van der Waals surface area (Å²) in [6, 6.07) is 0. The number of alkyl halides is 4. The van der Waals surface area contributed by atoms with Gasteiger partial charge in [0.25, 0.3) is 0 Å². The van der Waals surface area contributed by atoms with E-state index in [2.05, 4.69) is 3.53 Å². The summed E-state index contributed by atoms with van der Waals surface area (Å²) in [6.45, 7) is 8.93. The van der Waals surface area contributed by atoms with Crippen molar-refractivity contribution in [3.63, 3.8) is 0 Å². The Kier molecular flexibility index (Phi) is 6.20. The van der Waals surface area contributed by atoms with E-state index >= 15 is 0 Å². The van der Waals surface area contributed by atoms with E-state index in [1.165, 1.54) is 13.0 Å². The van der Waals surface area contributed by atoms with E-state index < -0.39 is 50.2 Å². The summed E-state index contributed by atoms with van der Waals surface area (Å²) in [6.07, 6.45) is -2.12. The minimum atomic E-state index is -4.38. The zero-order chi connectivity index (χ0) is 17.3. The van der Waals surface area contributed by atoms with Gasteiger partial charge in [-0.2, -0.15) is 0 Å². The van der Waals surface area contributed by atoms with Gasteiger partial charge in [0.2, 0.25) is 0 Å². The number of rotatable bonds is 4. The van der Waals surface area contributed by atoms with Gasteiger partial charge in [0.05, 0.1) is 0 Å². The number of allylic oxidation sites excluding steroid dienone is 3. The summed E-state index contributed by atoms with van der Waals surface area (Å²) in [5.74, 6) is 0. The molecule has 1 rings (SSSR count). The van der Waals surface area contributed by atoms with E-state index in [4.69, 9.17) is 9.31 Å². The van der Waals surface area contributed by atoms with Gasteiger partial charge in [0, 0.05) is 0 Å². The molecule has 0 aromatic carbocycles. The van der Waals surface area contributed by atoms with Gasteiger partial charge < -0.3 is 0 Å². The average Bonchev–Trinajstić information content (AvgIpc) is 2.56. The molecule has 0 aromatic rings. The molecule has 1 fully saturated rings. The van der Waals surface area contributed by atoms with Crippen LogP contribution in [0.25, 0.3) is 0 Å². The van der Waals surface area contributed by atoms with E-state index in [0.29, 0.717) is 3.48 Å². The summed E-state index contributed by atoms with van der Waals surface area (Å²) in [5, 5.41) is 0. The van der Waals surface area contributed by atoms with E-state index in [1.54, 1.807) is 7.05 Å². The molecule has 1 heterocycles. The Morgan fingerprint density at radius 2 is 1.59 bits per heavy atom. The molecule has 128 valence electrons. The summed E-state index contributed by atoms with van der Waals surface area (Å²) in [4.78, 5) is 1.93. The molecule has 22 heavy (non-hydrogen) atoms. The Morgan fingerprint density at radius 3 is 1.91 bits per heavy atom. The second kappa shape index (κ2) is 6.82. The van der Waals surface area contributed by atoms with Crippen molar-refractivity contribution in [2.45, 2.75) is 52.0 Å². The molecule has 8 heteroatoms. The van der Waals surface area contributed by atoms with Gasteiger partial charge in [-0.15, -0.1) is 0 Å². The van der Waals surface area contributed by atoms with Crippen LogP contribution in [-0.4, -0.2) is 36.5 Å². The second-order valence-corrected chi connectivity index (χ2v) is 11.0. The van der Waals surface area contributed by atoms with Gasteiger partial charge in [0.1, 0.15) is 0 Å². The van der Waals surface area contributed by atoms with Crippen LogP contribution in [0.1, 0.15) is 34.6 Å². The van der Waals surface area contributed by atoms with Crippen LogP contribution in [0.2, 0.25) is 0 Å². The molecule has 0 aromatic heterocycles. The fourth-order valence-electron chi connectivity index (χ4n) is 1.83. The molecule has 0 spiro atoms. The van der Waals surface area contributed by atoms with E-state index in [0.717, 1.165) is 6.08 Å². The van der Waals surface area contributed by atoms with Crippen molar-refractivity contribution in [2.24, 2.45) is 0 Å². The Labute approximate surface area is 138 Å². The van der Waals surface area contributed by atoms with Crippen molar-refractivity contribution < 1.29 is 22.5 Å². The third-order valence-corrected chi connectivity index (χ3v) is 8.33. The maximum atomic E-state index is 13.0. The van der Waals surface area contributed by atoms with Crippen molar-refractivity contribution in [1.82, 2.24) is 3.53 Å². The van der Waals surface area contributed by atoms with Crippen LogP contribution in [-0.2, 0) is 9.31 Å². The number of halogens is 4. The molecule has 1 N–H and O–H groups in total. The molecule has 0 atom stereocenters. The van der Waals surface area contributed by atoms with Crippen LogP contribution in [0, 0.1) is 0 Å². The van der Waals surface area contributed by atoms with Crippen molar-refractivity contribution in [1.29, 1.82) is 0 Å². The van der Waals surface area contributed by atoms with Gasteiger partial charge in [-0.25, -0.2) is 0 Å². The molecule has 1 saturated heterocycles. The zero-order valence-corrected chi connectivity index (χ0v) is 16.2. The Hall–Kier alpha value is -0.0551. The summed E-state index contributed by atoms with van der Waals surface area (Å²) < 4.78 is 54.7. The van der Waals surface area contributed by atoms with Crippen LogP contribution in [0.5, 0.6) is 0 Å². The van der Waals surface area contributed by atoms with Gasteiger partial charge in [-0.1, -0.05) is 0 Å². The average molecular weight is 433 g/mol. The molecule has 0 amide bonds. The van der Waals surface area contributed by atoms with Crippen molar-refractivity contribution in [2.75, 3.05) is 12.0 Å². The normalized spacial score (nSPS) is 23.0. The fourth-order valence-corrected chi connectivity index (χ4v) is 4.27. The Bertz CT molecular complexity index is 459. The topological polar surface area (TPSA) is 30.5 Å². The van der Waals surface area contributed by atoms with Crippen molar-refractivity contribution in [3.05, 3.63) is 21.2 Å². The summed E-state index contributed by atoms with van der Waals surface area (Å²) >= 11 is -1.98. The quantitative estimate of drug-likeness (QED) is 0.236. The molecule has 0 saturated carbocycles. The minimum absolute atomic E-state index is 0.574. The summed E-state index contributed by atoms with van der Waals surface area (Å²) in [5.41, 5.74) is -1.82. The monoisotopic (exact) mass is 433 g/mol. The van der Waals surface area contributed by atoms with Gasteiger partial charge in [-0.3, -0.25) is 0 Å². The van der Waals surface area contributed by atoms with Crippen LogP contribution in [0.3, 0.4) is 0 Å². The fraction of sp³-hybridized carbons (Fsp3) is 0.714. The third kappa shape index (κ3) is 4.27. The predicted molar refractivity (Wildman–Crippen MR) is 93.0 cm³/mol. The first kappa shape index (κ1) is 20.0. The predicted octanol–water partition coefficient (Wildman–Crippen LogP) is 4.28. The number of hydrogen-bond donors (Lipinski definition) is 1. The molecule has 0 unspecified atom stereocenters. The molecule has 0 bridgehead atoms. The van der Waals surface area contributed by atoms with Crippen molar-refractivity contribution >= 4 is 27.2 Å². The molecule has 0 aliphatic carbocycles. The SMILES string of the molecule is C/C=C(\C=C(\B1OC(C)(C)C(C)(C)O1)I(C)NC)C(F)(F)F. The van der Waals surface area contributed by atoms with Crippen molar-refractivity contribution in [3.8, 4) is 0 Å². The summed E-state index contributed by atoms with van der Waals surface area (Å²) in [7, 11) is 1.01. The molecule has 3 nitrogen and oxygen atoms in total. The molecule has 1 aliphatic heterocycles. The third-order valence-electron chi connectivity index (χ3n) is 4.02. The number of nitrogens with one attached hydrogen (secondary N) is 1. The van der Waals surface area contributed by atoms with Gasteiger partial charge in [-0.05, 0) is 0 Å². The Morgan fingerprint density at radius 1 is 1.14 bits per heavy atom. The maximum absolute atomic E-state index is 13.0. The van der Waals surface area contributed by atoms with E-state index in [9.17, 15) is 13.2 Å². The van der Waals surface area contributed by atoms with E-state index in [-0.39, 0.29) is 0 Å². The number of hydrogen-bond acceptors (Lipinski definition) is 3. The Balaban J connectivity index is 3.22. The first-order valence-electron chi connectivity index (χ1n) is 6.93. The zero-order valence-electron chi connectivity index (χ0n) is 14.1. The molecule has 0 radical (unpaired) electrons. The second-order valence-electron chi connectivity index (χ2n) is 6.02. The van der Waals surface area contributed by atoms with Gasteiger partial charge in [0.15, 0.2) is 0 Å². The van der Waals surface area contributed by atoms with Crippen LogP contribution >= 0.6 is 20.1 Å². The van der Waals surface area contributed by atoms with Crippen LogP contribution < -0.4 is 3.53 Å². The van der Waals surface area contributed by atoms with Crippen LogP contribution in [0.15, 0.2) is 21.2 Å². The molecular weight excluding hydrogens is 409 g/mol. The standard InChI is InChI=1S/C14H24BF3INO2/c1-8-10(14(16,17)18)9-11(19(6)20-7)15-21-12(2,3)13(4,5)22-15/h8-9,20H,1-7H3/b10-8+,11-9-.